The van der Waals surface area contributed by atoms with Crippen molar-refractivity contribution in [3.63, 3.8) is 0 Å². The minimum absolute atomic E-state index is 0.0166. The Morgan fingerprint density at radius 1 is 1.05 bits per heavy atom. The standard InChI is InChI=1S/C14H29NO5Si/c1-9(20-21(7,8)14(2,3)4)10(12(16)18-5)11(15)13(17)19-6/h9-11H,15H2,1-8H3/t9-,10-,11+/m0/s1. The van der Waals surface area contributed by atoms with Crippen LogP contribution in [0.1, 0.15) is 27.7 Å². The summed E-state index contributed by atoms with van der Waals surface area (Å²) < 4.78 is 15.5. The van der Waals surface area contributed by atoms with Crippen LogP contribution in [-0.2, 0) is 23.5 Å². The molecule has 0 aromatic carbocycles. The zero-order valence-electron chi connectivity index (χ0n) is 14.4. The fraction of sp³-hybridized carbons (Fsp3) is 0.857. The zero-order valence-corrected chi connectivity index (χ0v) is 15.4. The third-order valence-corrected chi connectivity index (χ3v) is 8.70. The summed E-state index contributed by atoms with van der Waals surface area (Å²) in [5.41, 5.74) is 5.84. The maximum atomic E-state index is 12.0. The van der Waals surface area contributed by atoms with Crippen LogP contribution in [0.25, 0.3) is 0 Å². The lowest BCUT2D eigenvalue weighted by Crippen LogP contribution is -2.53. The van der Waals surface area contributed by atoms with Gasteiger partial charge < -0.3 is 19.6 Å². The summed E-state index contributed by atoms with van der Waals surface area (Å²) in [6.07, 6.45) is -0.535. The first kappa shape index (κ1) is 20.1. The molecular weight excluding hydrogens is 290 g/mol. The number of hydrogen-bond donors (Lipinski definition) is 1. The summed E-state index contributed by atoms with van der Waals surface area (Å²) >= 11 is 0. The van der Waals surface area contributed by atoms with Gasteiger partial charge in [0.15, 0.2) is 8.32 Å². The van der Waals surface area contributed by atoms with Crippen molar-refractivity contribution < 1.29 is 23.5 Å². The second-order valence-electron chi connectivity index (χ2n) is 6.68. The average molecular weight is 319 g/mol. The Morgan fingerprint density at radius 2 is 1.48 bits per heavy atom. The van der Waals surface area contributed by atoms with Crippen molar-refractivity contribution in [1.29, 1.82) is 0 Å². The predicted molar refractivity (Wildman–Crippen MR) is 83.2 cm³/mol. The molecule has 0 heterocycles. The lowest BCUT2D eigenvalue weighted by atomic mass is 9.95. The van der Waals surface area contributed by atoms with Crippen LogP contribution in [0.4, 0.5) is 0 Å². The summed E-state index contributed by atoms with van der Waals surface area (Å²) in [5.74, 6) is -2.12. The van der Waals surface area contributed by atoms with Crippen LogP contribution < -0.4 is 5.73 Å². The van der Waals surface area contributed by atoms with E-state index >= 15 is 0 Å². The van der Waals surface area contributed by atoms with Crippen molar-refractivity contribution >= 4 is 20.3 Å². The number of carbonyl (C=O) groups excluding carboxylic acids is 2. The van der Waals surface area contributed by atoms with E-state index in [1.807, 2.05) is 0 Å². The Hall–Kier alpha value is -0.923. The second kappa shape index (κ2) is 7.37. The van der Waals surface area contributed by atoms with Gasteiger partial charge in [-0.1, -0.05) is 20.8 Å². The van der Waals surface area contributed by atoms with Crippen molar-refractivity contribution in [3.8, 4) is 0 Å². The molecule has 0 spiro atoms. The molecule has 124 valence electrons. The molecule has 0 aliphatic carbocycles. The van der Waals surface area contributed by atoms with Crippen LogP contribution in [0.2, 0.25) is 18.1 Å². The van der Waals surface area contributed by atoms with Gasteiger partial charge >= 0.3 is 11.9 Å². The predicted octanol–water partition coefficient (Wildman–Crippen LogP) is 1.69. The summed E-state index contributed by atoms with van der Waals surface area (Å²) in [6, 6.07) is -1.11. The van der Waals surface area contributed by atoms with Crippen LogP contribution in [-0.4, -0.2) is 46.6 Å². The molecule has 21 heavy (non-hydrogen) atoms. The van der Waals surface area contributed by atoms with Crippen molar-refractivity contribution in [2.24, 2.45) is 11.7 Å². The normalized spacial score (nSPS) is 16.8. The van der Waals surface area contributed by atoms with Gasteiger partial charge in [-0.05, 0) is 25.1 Å². The monoisotopic (exact) mass is 319 g/mol. The number of methoxy groups -OCH3 is 2. The largest absolute Gasteiger partial charge is 0.469 e. The third kappa shape index (κ3) is 5.08. The molecule has 0 saturated carbocycles. The molecule has 0 aromatic heterocycles. The molecule has 0 amide bonds. The Kier molecular flexibility index (Phi) is 7.05. The number of ether oxygens (including phenoxy) is 2. The van der Waals surface area contributed by atoms with Gasteiger partial charge in [-0.25, -0.2) is 0 Å². The van der Waals surface area contributed by atoms with Gasteiger partial charge in [-0.15, -0.1) is 0 Å². The molecule has 2 N–H and O–H groups in total. The number of nitrogens with two attached hydrogens (primary N) is 1. The van der Waals surface area contributed by atoms with Gasteiger partial charge in [-0.2, -0.15) is 0 Å². The summed E-state index contributed by atoms with van der Waals surface area (Å²) in [6.45, 7) is 12.2. The minimum atomic E-state index is -2.10. The van der Waals surface area contributed by atoms with Gasteiger partial charge in [0.1, 0.15) is 12.0 Å². The number of hydrogen-bond acceptors (Lipinski definition) is 6. The highest BCUT2D eigenvalue weighted by atomic mass is 28.4. The Labute approximate surface area is 128 Å². The van der Waals surface area contributed by atoms with Crippen LogP contribution in [0.3, 0.4) is 0 Å². The van der Waals surface area contributed by atoms with Crippen LogP contribution in [0, 0.1) is 5.92 Å². The molecule has 0 unspecified atom stereocenters. The molecule has 3 atom stereocenters. The van der Waals surface area contributed by atoms with Gasteiger partial charge in [-0.3, -0.25) is 9.59 Å². The maximum absolute atomic E-state index is 12.0. The van der Waals surface area contributed by atoms with Gasteiger partial charge in [0.25, 0.3) is 0 Å². The van der Waals surface area contributed by atoms with Crippen molar-refractivity contribution in [1.82, 2.24) is 0 Å². The topological polar surface area (TPSA) is 87.9 Å². The average Bonchev–Trinajstić information content (AvgIpc) is 2.35. The molecule has 0 saturated heterocycles. The van der Waals surface area contributed by atoms with E-state index in [4.69, 9.17) is 14.9 Å². The maximum Gasteiger partial charge on any atom is 0.323 e. The molecule has 0 aliphatic rings. The molecule has 0 fully saturated rings. The molecule has 7 heteroatoms. The Bertz CT molecular complexity index is 378. The summed E-state index contributed by atoms with van der Waals surface area (Å²) in [5, 5.41) is -0.0166. The van der Waals surface area contributed by atoms with E-state index in [1.54, 1.807) is 6.92 Å². The van der Waals surface area contributed by atoms with E-state index in [9.17, 15) is 9.59 Å². The van der Waals surface area contributed by atoms with E-state index in [1.165, 1.54) is 14.2 Å². The Morgan fingerprint density at radius 3 is 1.81 bits per heavy atom. The summed E-state index contributed by atoms with van der Waals surface area (Å²) in [4.78, 5) is 23.6. The quantitative estimate of drug-likeness (QED) is 0.592. The van der Waals surface area contributed by atoms with Crippen LogP contribution in [0.5, 0.6) is 0 Å². The van der Waals surface area contributed by atoms with Crippen LogP contribution >= 0.6 is 0 Å². The lowest BCUT2D eigenvalue weighted by Gasteiger charge is -2.40. The van der Waals surface area contributed by atoms with E-state index in [0.717, 1.165) is 0 Å². The van der Waals surface area contributed by atoms with Crippen molar-refractivity contribution in [2.75, 3.05) is 14.2 Å². The number of carbonyl (C=O) groups is 2. The highest BCUT2D eigenvalue weighted by molar-refractivity contribution is 6.74. The highest BCUT2D eigenvalue weighted by Gasteiger charge is 2.44. The first-order valence-corrected chi connectivity index (χ1v) is 9.89. The molecule has 0 radical (unpaired) electrons. The molecule has 0 aliphatic heterocycles. The van der Waals surface area contributed by atoms with Gasteiger partial charge in [0, 0.05) is 0 Å². The summed E-state index contributed by atoms with van der Waals surface area (Å²) in [7, 11) is 0.399. The first-order valence-electron chi connectivity index (χ1n) is 6.98. The lowest BCUT2D eigenvalue weighted by molar-refractivity contribution is -0.157. The Balaban J connectivity index is 5.28. The smallest absolute Gasteiger partial charge is 0.323 e. The van der Waals surface area contributed by atoms with E-state index in [-0.39, 0.29) is 5.04 Å². The van der Waals surface area contributed by atoms with Crippen LogP contribution in [0.15, 0.2) is 0 Å². The van der Waals surface area contributed by atoms with E-state index < -0.39 is 38.3 Å². The zero-order chi connectivity index (χ0) is 17.0. The second-order valence-corrected chi connectivity index (χ2v) is 11.4. The minimum Gasteiger partial charge on any atom is -0.469 e. The SMILES string of the molecule is COC(=O)[C@@H]([C@H](C)O[Si](C)(C)C(C)(C)C)[C@@H](N)C(=O)OC. The highest BCUT2D eigenvalue weighted by Crippen LogP contribution is 2.38. The third-order valence-electron chi connectivity index (χ3n) is 4.13. The number of esters is 2. The molecule has 6 nitrogen and oxygen atoms in total. The fourth-order valence-corrected chi connectivity index (χ4v) is 3.19. The molecular formula is C14H29NO5Si. The van der Waals surface area contributed by atoms with E-state index in [0.29, 0.717) is 0 Å². The van der Waals surface area contributed by atoms with Gasteiger partial charge in [0.05, 0.1) is 20.3 Å². The van der Waals surface area contributed by atoms with E-state index in [2.05, 4.69) is 38.6 Å². The molecule has 0 bridgehead atoms. The van der Waals surface area contributed by atoms with Gasteiger partial charge in [0.2, 0.25) is 0 Å². The van der Waals surface area contributed by atoms with Crippen molar-refractivity contribution in [3.05, 3.63) is 0 Å². The van der Waals surface area contributed by atoms with Crippen molar-refractivity contribution in [2.45, 2.75) is 58.0 Å². The molecule has 0 rings (SSSR count). The first-order chi connectivity index (χ1) is 9.39. The molecule has 0 aromatic rings. The fourth-order valence-electron chi connectivity index (χ4n) is 1.76. The number of rotatable bonds is 6.